The molecule has 6 nitrogen and oxygen atoms in total. The average molecular weight is 285 g/mol. The maximum absolute atomic E-state index is 11.9. The first-order valence-electron chi connectivity index (χ1n) is 5.99. The lowest BCUT2D eigenvalue weighted by molar-refractivity contribution is 0.217. The molecule has 3 N–H and O–H groups in total. The zero-order chi connectivity index (χ0) is 14.6. The molecule has 0 spiro atoms. The number of nitrogens with zero attached hydrogens (tertiary/aromatic N) is 1. The number of urea groups is 1. The molecule has 1 rings (SSSR count). The molecule has 0 fully saturated rings. The summed E-state index contributed by atoms with van der Waals surface area (Å²) in [5, 5.41) is 7.76. The quantitative estimate of drug-likeness (QED) is 0.878. The summed E-state index contributed by atoms with van der Waals surface area (Å²) in [5.74, 6) is 0. The molecule has 0 unspecified atom stereocenters. The average Bonchev–Trinajstić information content (AvgIpc) is 2.32. The van der Waals surface area contributed by atoms with E-state index in [2.05, 4.69) is 5.32 Å². The van der Waals surface area contributed by atoms with Gasteiger partial charge in [-0.2, -0.15) is 0 Å². The molecule has 106 valence electrons. The fourth-order valence-electron chi connectivity index (χ4n) is 1.62. The molecule has 0 bridgehead atoms. The largest absolute Gasteiger partial charge is 0.325 e. The van der Waals surface area contributed by atoms with Crippen LogP contribution < -0.4 is 10.5 Å². The van der Waals surface area contributed by atoms with Gasteiger partial charge in [-0.05, 0) is 38.5 Å². The molecule has 0 aliphatic carbocycles. The normalized spacial score (nSPS) is 11.2. The summed E-state index contributed by atoms with van der Waals surface area (Å²) in [6.45, 7) is 6.69. The summed E-state index contributed by atoms with van der Waals surface area (Å²) in [6, 6.07) is 4.13. The number of anilines is 1. The monoisotopic (exact) mass is 285 g/mol. The van der Waals surface area contributed by atoms with Crippen molar-refractivity contribution < 1.29 is 13.2 Å². The van der Waals surface area contributed by atoms with Gasteiger partial charge in [-0.15, -0.1) is 0 Å². The van der Waals surface area contributed by atoms with Gasteiger partial charge in [0.15, 0.2) is 0 Å². The Hall–Kier alpha value is -1.60. The highest BCUT2D eigenvalue weighted by molar-refractivity contribution is 7.89. The summed E-state index contributed by atoms with van der Waals surface area (Å²) in [4.78, 5) is 13.5. The number of aryl methyl sites for hydroxylation is 1. The second-order valence-electron chi connectivity index (χ2n) is 4.12. The summed E-state index contributed by atoms with van der Waals surface area (Å²) in [7, 11) is -3.77. The lowest BCUT2D eigenvalue weighted by Gasteiger charge is -2.20. The number of benzene rings is 1. The van der Waals surface area contributed by atoms with E-state index in [1.165, 1.54) is 12.1 Å². The van der Waals surface area contributed by atoms with Gasteiger partial charge < -0.3 is 10.2 Å². The molecule has 0 aromatic heterocycles. The molecular formula is C12H19N3O3S. The van der Waals surface area contributed by atoms with Crippen LogP contribution >= 0.6 is 0 Å². The fourth-order valence-corrected chi connectivity index (χ4v) is 2.16. The topological polar surface area (TPSA) is 92.5 Å². The van der Waals surface area contributed by atoms with Crippen molar-refractivity contribution in [1.29, 1.82) is 0 Å². The van der Waals surface area contributed by atoms with Crippen molar-refractivity contribution in [2.75, 3.05) is 18.4 Å². The Morgan fingerprint density at radius 1 is 1.32 bits per heavy atom. The Morgan fingerprint density at radius 2 is 1.89 bits per heavy atom. The van der Waals surface area contributed by atoms with Crippen molar-refractivity contribution in [3.63, 3.8) is 0 Å². The molecular weight excluding hydrogens is 266 g/mol. The Bertz CT molecular complexity index is 566. The maximum Gasteiger partial charge on any atom is 0.321 e. The molecule has 7 heteroatoms. The minimum Gasteiger partial charge on any atom is -0.325 e. The molecule has 1 aromatic rings. The number of nitrogens with one attached hydrogen (secondary N) is 1. The zero-order valence-electron chi connectivity index (χ0n) is 11.3. The van der Waals surface area contributed by atoms with Crippen LogP contribution in [0.1, 0.15) is 19.4 Å². The Balaban J connectivity index is 3.04. The zero-order valence-corrected chi connectivity index (χ0v) is 12.1. The third-order valence-corrected chi connectivity index (χ3v) is 3.74. The van der Waals surface area contributed by atoms with Gasteiger partial charge in [-0.3, -0.25) is 0 Å². The van der Waals surface area contributed by atoms with Gasteiger partial charge in [0.2, 0.25) is 10.0 Å². The van der Waals surface area contributed by atoms with E-state index in [9.17, 15) is 13.2 Å². The summed E-state index contributed by atoms with van der Waals surface area (Å²) in [6.07, 6.45) is 0. The number of amides is 2. The second kappa shape index (κ2) is 6.03. The van der Waals surface area contributed by atoms with Crippen LogP contribution in [0.25, 0.3) is 0 Å². The number of primary sulfonamides is 1. The van der Waals surface area contributed by atoms with Crippen LogP contribution in [0.5, 0.6) is 0 Å². The number of sulfonamides is 1. The van der Waals surface area contributed by atoms with E-state index in [-0.39, 0.29) is 10.9 Å². The first kappa shape index (κ1) is 15.5. The van der Waals surface area contributed by atoms with Crippen molar-refractivity contribution in [2.45, 2.75) is 25.7 Å². The SMILES string of the molecule is CCN(CC)C(=O)Nc1cc(S(N)(=O)=O)ccc1C. The van der Waals surface area contributed by atoms with Gasteiger partial charge >= 0.3 is 6.03 Å². The third kappa shape index (κ3) is 3.93. The molecule has 19 heavy (non-hydrogen) atoms. The molecule has 0 atom stereocenters. The number of hydrogen-bond donors (Lipinski definition) is 2. The molecule has 1 aromatic carbocycles. The van der Waals surface area contributed by atoms with E-state index in [0.717, 1.165) is 5.56 Å². The van der Waals surface area contributed by atoms with Crippen LogP contribution in [-0.2, 0) is 10.0 Å². The number of nitrogens with two attached hydrogens (primary N) is 1. The predicted molar refractivity (Wildman–Crippen MR) is 74.5 cm³/mol. The van der Waals surface area contributed by atoms with E-state index in [4.69, 9.17) is 5.14 Å². The van der Waals surface area contributed by atoms with Crippen LogP contribution in [0.3, 0.4) is 0 Å². The summed E-state index contributed by atoms with van der Waals surface area (Å²) >= 11 is 0. The highest BCUT2D eigenvalue weighted by atomic mass is 32.2. The number of hydrogen-bond acceptors (Lipinski definition) is 3. The molecule has 0 saturated carbocycles. The summed E-state index contributed by atoms with van der Waals surface area (Å²) < 4.78 is 22.6. The van der Waals surface area contributed by atoms with Crippen molar-refractivity contribution in [1.82, 2.24) is 4.90 Å². The lowest BCUT2D eigenvalue weighted by atomic mass is 10.2. The van der Waals surface area contributed by atoms with Gasteiger partial charge in [0.25, 0.3) is 0 Å². The van der Waals surface area contributed by atoms with Gasteiger partial charge in [0, 0.05) is 18.8 Å². The Morgan fingerprint density at radius 3 is 2.37 bits per heavy atom. The number of carbonyl (C=O) groups is 1. The van der Waals surface area contributed by atoms with E-state index in [1.807, 2.05) is 13.8 Å². The van der Waals surface area contributed by atoms with Crippen LogP contribution in [0.2, 0.25) is 0 Å². The van der Waals surface area contributed by atoms with Crippen molar-refractivity contribution in [3.05, 3.63) is 23.8 Å². The minimum atomic E-state index is -3.77. The first-order valence-corrected chi connectivity index (χ1v) is 7.53. The smallest absolute Gasteiger partial charge is 0.321 e. The molecule has 0 radical (unpaired) electrons. The van der Waals surface area contributed by atoms with E-state index >= 15 is 0 Å². The van der Waals surface area contributed by atoms with Gasteiger partial charge in [0.05, 0.1) is 4.90 Å². The number of rotatable bonds is 4. The lowest BCUT2D eigenvalue weighted by Crippen LogP contribution is -2.34. The third-order valence-electron chi connectivity index (χ3n) is 2.83. The van der Waals surface area contributed by atoms with Crippen molar-refractivity contribution >= 4 is 21.7 Å². The first-order chi connectivity index (χ1) is 8.79. The van der Waals surface area contributed by atoms with Gasteiger partial charge in [-0.1, -0.05) is 6.07 Å². The second-order valence-corrected chi connectivity index (χ2v) is 5.69. The molecule has 0 heterocycles. The van der Waals surface area contributed by atoms with Gasteiger partial charge in [-0.25, -0.2) is 18.4 Å². The standard InChI is InChI=1S/C12H19N3O3S/c1-4-15(5-2)12(16)14-11-8-10(19(13,17)18)7-6-9(11)3/h6-8H,4-5H2,1-3H3,(H,14,16)(H2,13,17,18). The predicted octanol–water partition coefficient (Wildman–Crippen LogP) is 1.52. The molecule has 0 aliphatic heterocycles. The minimum absolute atomic E-state index is 0.0204. The van der Waals surface area contributed by atoms with Gasteiger partial charge in [0.1, 0.15) is 0 Å². The molecule has 0 aliphatic rings. The molecule has 0 saturated heterocycles. The Kier molecular flexibility index (Phi) is 4.90. The summed E-state index contributed by atoms with van der Waals surface area (Å²) in [5.41, 5.74) is 1.22. The van der Waals surface area contributed by atoms with Crippen LogP contribution in [0, 0.1) is 6.92 Å². The molecule has 2 amide bonds. The fraction of sp³-hybridized carbons (Fsp3) is 0.417. The Labute approximate surface area is 113 Å². The van der Waals surface area contributed by atoms with Crippen LogP contribution in [-0.4, -0.2) is 32.4 Å². The van der Waals surface area contributed by atoms with E-state index in [0.29, 0.717) is 18.8 Å². The van der Waals surface area contributed by atoms with Crippen molar-refractivity contribution in [3.8, 4) is 0 Å². The van der Waals surface area contributed by atoms with Crippen LogP contribution in [0.4, 0.5) is 10.5 Å². The highest BCUT2D eigenvalue weighted by Gasteiger charge is 2.14. The number of carbonyl (C=O) groups excluding carboxylic acids is 1. The maximum atomic E-state index is 11.9. The highest BCUT2D eigenvalue weighted by Crippen LogP contribution is 2.19. The van der Waals surface area contributed by atoms with E-state index in [1.54, 1.807) is 17.9 Å². The van der Waals surface area contributed by atoms with Crippen LogP contribution in [0.15, 0.2) is 23.1 Å². The van der Waals surface area contributed by atoms with Crippen molar-refractivity contribution in [2.24, 2.45) is 5.14 Å². The van der Waals surface area contributed by atoms with E-state index < -0.39 is 10.0 Å².